The largest absolute Gasteiger partial charge is 0.491 e. The van der Waals surface area contributed by atoms with Gasteiger partial charge in [0.1, 0.15) is 12.4 Å². The molecule has 0 saturated carbocycles. The van der Waals surface area contributed by atoms with E-state index in [4.69, 9.17) is 4.74 Å². The van der Waals surface area contributed by atoms with E-state index in [1.54, 1.807) is 12.4 Å². The zero-order valence-electron chi connectivity index (χ0n) is 12.2. The van der Waals surface area contributed by atoms with Crippen LogP contribution in [0.15, 0.2) is 42.7 Å². The molecule has 0 unspecified atom stereocenters. The van der Waals surface area contributed by atoms with Gasteiger partial charge in [-0.2, -0.15) is 0 Å². The van der Waals surface area contributed by atoms with Crippen molar-refractivity contribution in [2.75, 3.05) is 26.2 Å². The van der Waals surface area contributed by atoms with Gasteiger partial charge in [-0.15, -0.1) is 0 Å². The van der Waals surface area contributed by atoms with Crippen LogP contribution in [0.3, 0.4) is 0 Å². The molecule has 2 aromatic rings. The summed E-state index contributed by atoms with van der Waals surface area (Å²) in [6.07, 6.45) is 7.57. The van der Waals surface area contributed by atoms with E-state index in [1.807, 2.05) is 30.3 Å². The first-order valence-corrected chi connectivity index (χ1v) is 7.64. The summed E-state index contributed by atoms with van der Waals surface area (Å²) in [6, 6.07) is 9.75. The number of likely N-dealkylation sites (tertiary alicyclic amines) is 1. The molecule has 0 radical (unpaired) electrons. The second kappa shape index (κ2) is 7.18. The minimum atomic E-state index is 0.727. The molecule has 3 heterocycles. The van der Waals surface area contributed by atoms with E-state index in [9.17, 15) is 0 Å². The normalized spacial score (nSPS) is 15.8. The minimum Gasteiger partial charge on any atom is -0.491 e. The molecule has 1 fully saturated rings. The Bertz CT molecular complexity index is 536. The van der Waals surface area contributed by atoms with Gasteiger partial charge in [-0.3, -0.25) is 14.9 Å². The van der Waals surface area contributed by atoms with E-state index < -0.39 is 0 Å². The van der Waals surface area contributed by atoms with Crippen molar-refractivity contribution in [1.29, 1.82) is 0 Å². The number of hydrogen-bond donors (Lipinski definition) is 0. The van der Waals surface area contributed by atoms with Crippen LogP contribution in [0.5, 0.6) is 5.75 Å². The Hall–Kier alpha value is -1.94. The number of hydrogen-bond acceptors (Lipinski definition) is 4. The molecular formula is C17H21N3O. The Morgan fingerprint density at radius 2 is 1.81 bits per heavy atom. The Morgan fingerprint density at radius 3 is 2.52 bits per heavy atom. The van der Waals surface area contributed by atoms with Crippen molar-refractivity contribution < 1.29 is 4.74 Å². The SMILES string of the molecule is c1ccc(-c2ccc(OCCN3CCCCC3)cn2)nc1. The quantitative estimate of drug-likeness (QED) is 0.845. The molecule has 2 aromatic heterocycles. The number of piperidine rings is 1. The zero-order valence-corrected chi connectivity index (χ0v) is 12.2. The van der Waals surface area contributed by atoms with Gasteiger partial charge in [0.15, 0.2) is 0 Å². The molecule has 3 rings (SSSR count). The molecule has 110 valence electrons. The van der Waals surface area contributed by atoms with Gasteiger partial charge in [-0.25, -0.2) is 0 Å². The molecule has 4 heteroatoms. The first-order chi connectivity index (χ1) is 10.4. The van der Waals surface area contributed by atoms with Crippen LogP contribution < -0.4 is 4.74 Å². The molecule has 0 aromatic carbocycles. The number of aromatic nitrogens is 2. The maximum absolute atomic E-state index is 5.78. The lowest BCUT2D eigenvalue weighted by molar-refractivity contribution is 0.183. The summed E-state index contributed by atoms with van der Waals surface area (Å²) in [6.45, 7) is 4.15. The summed E-state index contributed by atoms with van der Waals surface area (Å²) in [5, 5.41) is 0. The summed E-state index contributed by atoms with van der Waals surface area (Å²) in [5.41, 5.74) is 1.76. The van der Waals surface area contributed by atoms with Crippen LogP contribution >= 0.6 is 0 Å². The number of pyridine rings is 2. The highest BCUT2D eigenvalue weighted by molar-refractivity contribution is 5.53. The third-order valence-electron chi connectivity index (χ3n) is 3.79. The van der Waals surface area contributed by atoms with Crippen LogP contribution in [-0.4, -0.2) is 41.1 Å². The Kier molecular flexibility index (Phi) is 4.79. The van der Waals surface area contributed by atoms with E-state index in [1.165, 1.54) is 32.4 Å². The molecule has 0 atom stereocenters. The Balaban J connectivity index is 1.50. The van der Waals surface area contributed by atoms with E-state index in [0.717, 1.165) is 30.3 Å². The van der Waals surface area contributed by atoms with Gasteiger partial charge in [-0.1, -0.05) is 12.5 Å². The highest BCUT2D eigenvalue weighted by Crippen LogP contribution is 2.17. The second-order valence-corrected chi connectivity index (χ2v) is 5.34. The molecule has 0 bridgehead atoms. The third kappa shape index (κ3) is 4.02. The minimum absolute atomic E-state index is 0.727. The standard InChI is InChI=1S/C17H21N3O/c1-4-10-20(11-5-1)12-13-21-15-7-8-17(19-14-15)16-6-2-3-9-18-16/h2-3,6-9,14H,1,4-5,10-13H2. The molecule has 4 nitrogen and oxygen atoms in total. The monoisotopic (exact) mass is 283 g/mol. The number of nitrogens with zero attached hydrogens (tertiary/aromatic N) is 3. The highest BCUT2D eigenvalue weighted by atomic mass is 16.5. The summed E-state index contributed by atoms with van der Waals surface area (Å²) >= 11 is 0. The average molecular weight is 283 g/mol. The summed E-state index contributed by atoms with van der Waals surface area (Å²) in [7, 11) is 0. The summed E-state index contributed by atoms with van der Waals surface area (Å²) < 4.78 is 5.78. The van der Waals surface area contributed by atoms with Gasteiger partial charge in [0.2, 0.25) is 0 Å². The lowest BCUT2D eigenvalue weighted by Crippen LogP contribution is -2.33. The van der Waals surface area contributed by atoms with Crippen molar-refractivity contribution in [3.05, 3.63) is 42.7 Å². The average Bonchev–Trinajstić information content (AvgIpc) is 2.57. The lowest BCUT2D eigenvalue weighted by atomic mass is 10.1. The number of rotatable bonds is 5. The smallest absolute Gasteiger partial charge is 0.137 e. The van der Waals surface area contributed by atoms with Crippen LogP contribution in [0, 0.1) is 0 Å². The van der Waals surface area contributed by atoms with Gasteiger partial charge in [-0.05, 0) is 50.2 Å². The molecule has 1 aliphatic rings. The molecule has 0 amide bonds. The van der Waals surface area contributed by atoms with Gasteiger partial charge < -0.3 is 4.74 Å². The second-order valence-electron chi connectivity index (χ2n) is 5.34. The maximum Gasteiger partial charge on any atom is 0.137 e. The highest BCUT2D eigenvalue weighted by Gasteiger charge is 2.09. The van der Waals surface area contributed by atoms with Crippen LogP contribution in [0.4, 0.5) is 0 Å². The molecule has 0 spiro atoms. The third-order valence-corrected chi connectivity index (χ3v) is 3.79. The van der Waals surface area contributed by atoms with Gasteiger partial charge >= 0.3 is 0 Å². The van der Waals surface area contributed by atoms with E-state index in [2.05, 4.69) is 14.9 Å². The van der Waals surface area contributed by atoms with Crippen LogP contribution in [0.25, 0.3) is 11.4 Å². The van der Waals surface area contributed by atoms with Crippen LogP contribution in [0.2, 0.25) is 0 Å². The van der Waals surface area contributed by atoms with Crippen molar-refractivity contribution in [2.45, 2.75) is 19.3 Å². The lowest BCUT2D eigenvalue weighted by Gasteiger charge is -2.26. The van der Waals surface area contributed by atoms with Crippen molar-refractivity contribution in [3.63, 3.8) is 0 Å². The predicted molar refractivity (Wildman–Crippen MR) is 83.3 cm³/mol. The first kappa shape index (κ1) is 14.0. The molecule has 1 saturated heterocycles. The number of ether oxygens (including phenoxy) is 1. The van der Waals surface area contributed by atoms with Crippen molar-refractivity contribution in [1.82, 2.24) is 14.9 Å². The van der Waals surface area contributed by atoms with Gasteiger partial charge in [0.25, 0.3) is 0 Å². The fraction of sp³-hybridized carbons (Fsp3) is 0.412. The van der Waals surface area contributed by atoms with E-state index in [-0.39, 0.29) is 0 Å². The fourth-order valence-corrected chi connectivity index (χ4v) is 2.61. The summed E-state index contributed by atoms with van der Waals surface area (Å²) in [4.78, 5) is 11.2. The van der Waals surface area contributed by atoms with Crippen molar-refractivity contribution in [3.8, 4) is 17.1 Å². The maximum atomic E-state index is 5.78. The first-order valence-electron chi connectivity index (χ1n) is 7.64. The van der Waals surface area contributed by atoms with Gasteiger partial charge in [0, 0.05) is 12.7 Å². The van der Waals surface area contributed by atoms with E-state index in [0.29, 0.717) is 0 Å². The van der Waals surface area contributed by atoms with Gasteiger partial charge in [0.05, 0.1) is 17.6 Å². The molecule has 0 aliphatic carbocycles. The topological polar surface area (TPSA) is 38.2 Å². The summed E-state index contributed by atoms with van der Waals surface area (Å²) in [5.74, 6) is 0.826. The molecule has 1 aliphatic heterocycles. The Morgan fingerprint density at radius 1 is 0.952 bits per heavy atom. The zero-order chi connectivity index (χ0) is 14.3. The molecule has 0 N–H and O–H groups in total. The predicted octanol–water partition coefficient (Wildman–Crippen LogP) is 3.01. The van der Waals surface area contributed by atoms with Crippen molar-refractivity contribution in [2.24, 2.45) is 0 Å². The van der Waals surface area contributed by atoms with Crippen LogP contribution in [-0.2, 0) is 0 Å². The van der Waals surface area contributed by atoms with E-state index >= 15 is 0 Å². The Labute approximate surface area is 125 Å². The fourth-order valence-electron chi connectivity index (χ4n) is 2.61. The van der Waals surface area contributed by atoms with Crippen LogP contribution in [0.1, 0.15) is 19.3 Å². The molecular weight excluding hydrogens is 262 g/mol. The van der Waals surface area contributed by atoms with Crippen molar-refractivity contribution >= 4 is 0 Å². The molecule has 21 heavy (non-hydrogen) atoms.